The van der Waals surface area contributed by atoms with Gasteiger partial charge < -0.3 is 5.32 Å². The van der Waals surface area contributed by atoms with E-state index in [9.17, 15) is 0 Å². The molecular formula is C51H38N4. The molecule has 1 unspecified atom stereocenters. The molecule has 0 fully saturated rings. The summed E-state index contributed by atoms with van der Waals surface area (Å²) in [4.78, 5) is 15.2. The fraction of sp³-hybridized carbons (Fsp3) is 0.0392. The monoisotopic (exact) mass is 706 g/mol. The van der Waals surface area contributed by atoms with Gasteiger partial charge in [-0.3, -0.25) is 4.99 Å². The Hall–Kier alpha value is -7.17. The van der Waals surface area contributed by atoms with Gasteiger partial charge in [-0.05, 0) is 104 Å². The Labute approximate surface area is 321 Å². The van der Waals surface area contributed by atoms with Crippen molar-refractivity contribution in [1.82, 2.24) is 15.3 Å². The lowest BCUT2D eigenvalue weighted by molar-refractivity contribution is 0.670. The van der Waals surface area contributed by atoms with E-state index in [0.29, 0.717) is 5.82 Å². The van der Waals surface area contributed by atoms with Crippen LogP contribution in [-0.2, 0) is 0 Å². The lowest BCUT2D eigenvalue weighted by atomic mass is 9.91. The fourth-order valence-corrected chi connectivity index (χ4v) is 7.38. The molecule has 0 bridgehead atoms. The van der Waals surface area contributed by atoms with Gasteiger partial charge in [-0.25, -0.2) is 9.97 Å². The Morgan fingerprint density at radius 1 is 0.545 bits per heavy atom. The number of fused-ring (bicyclic) bond motifs is 4. The van der Waals surface area contributed by atoms with Gasteiger partial charge in [0.1, 0.15) is 6.17 Å². The summed E-state index contributed by atoms with van der Waals surface area (Å²) in [5.41, 5.74) is 11.1. The number of para-hydroxylation sites is 1. The van der Waals surface area contributed by atoms with Crippen molar-refractivity contribution in [3.8, 4) is 33.6 Å². The van der Waals surface area contributed by atoms with Crippen molar-refractivity contribution < 1.29 is 0 Å². The Morgan fingerprint density at radius 2 is 1.18 bits per heavy atom. The highest BCUT2D eigenvalue weighted by atomic mass is 15.1. The van der Waals surface area contributed by atoms with Crippen LogP contribution in [0.2, 0.25) is 0 Å². The first kappa shape index (κ1) is 33.7. The Kier molecular flexibility index (Phi) is 8.99. The number of hydrogen-bond donors (Lipinski definition) is 1. The normalized spacial score (nSPS) is 12.2. The van der Waals surface area contributed by atoms with Gasteiger partial charge in [-0.15, -0.1) is 0 Å². The first-order valence-electron chi connectivity index (χ1n) is 18.6. The minimum Gasteiger partial charge on any atom is -0.360 e. The van der Waals surface area contributed by atoms with Gasteiger partial charge in [0.15, 0.2) is 5.82 Å². The Morgan fingerprint density at radius 3 is 2.00 bits per heavy atom. The highest BCUT2D eigenvalue weighted by molar-refractivity contribution is 6.14. The molecule has 8 aromatic carbocycles. The number of hydrogen-bond acceptors (Lipinski definition) is 4. The molecule has 0 amide bonds. The minimum absolute atomic E-state index is 0.359. The van der Waals surface area contributed by atoms with Gasteiger partial charge in [0.05, 0.1) is 5.52 Å². The number of aliphatic imine (C=N–C) groups is 1. The second kappa shape index (κ2) is 14.7. The molecule has 262 valence electrons. The molecule has 9 aromatic rings. The number of aromatic nitrogens is 2. The van der Waals surface area contributed by atoms with Crippen LogP contribution in [0.1, 0.15) is 29.8 Å². The van der Waals surface area contributed by atoms with Crippen molar-refractivity contribution in [3.05, 3.63) is 211 Å². The van der Waals surface area contributed by atoms with Crippen LogP contribution < -0.4 is 5.32 Å². The van der Waals surface area contributed by atoms with E-state index in [-0.39, 0.29) is 6.17 Å². The summed E-state index contributed by atoms with van der Waals surface area (Å²) in [6.45, 7) is 6.45. The molecule has 9 rings (SSSR count). The third kappa shape index (κ3) is 6.90. The Balaban J connectivity index is 1.18. The first-order valence-corrected chi connectivity index (χ1v) is 18.6. The third-order valence-electron chi connectivity index (χ3n) is 10.2. The molecule has 4 nitrogen and oxygen atoms in total. The maximum absolute atomic E-state index is 5.33. The SMILES string of the molecule is C=C(NC(/N=C(\C)c1cc(-c2cccc(-c3cc4ccccc4c4ccccc34)c2)cc(-c2ncc3ccccc3n2)c1)c1ccccc1)c1ccccc1. The van der Waals surface area contributed by atoms with E-state index in [1.54, 1.807) is 0 Å². The van der Waals surface area contributed by atoms with Gasteiger partial charge in [-0.2, -0.15) is 0 Å². The molecule has 0 aliphatic rings. The largest absolute Gasteiger partial charge is 0.360 e. The van der Waals surface area contributed by atoms with E-state index in [0.717, 1.165) is 61.3 Å². The molecule has 0 spiro atoms. The predicted molar refractivity (Wildman–Crippen MR) is 231 cm³/mol. The molecule has 1 heterocycles. The van der Waals surface area contributed by atoms with E-state index in [1.807, 2.05) is 66.9 Å². The maximum Gasteiger partial charge on any atom is 0.159 e. The second-order valence-electron chi connectivity index (χ2n) is 13.8. The molecule has 0 aliphatic carbocycles. The van der Waals surface area contributed by atoms with Gasteiger partial charge in [-0.1, -0.05) is 152 Å². The zero-order valence-electron chi connectivity index (χ0n) is 30.5. The van der Waals surface area contributed by atoms with Crippen LogP contribution in [0.15, 0.2) is 200 Å². The Bertz CT molecular complexity index is 2880. The van der Waals surface area contributed by atoms with E-state index < -0.39 is 0 Å². The van der Waals surface area contributed by atoms with Gasteiger partial charge >= 0.3 is 0 Å². The standard InChI is InChI=1S/C51H38N4/c1-34(36-16-5-3-6-17-36)53-51(37-18-7-4-8-19-37)54-35(2)42-29-43(31-44(30-42)50-52-33-41-21-10-14-27-49(41)55-50)38-22-15-23-39(28-38)48-32-40-20-9-11-24-45(40)46-25-12-13-26-47(46)48/h3-33,51,53H,1H2,2H3/b54-35+. The molecule has 1 atom stereocenters. The van der Waals surface area contributed by atoms with E-state index in [2.05, 4.69) is 140 Å². The van der Waals surface area contributed by atoms with Crippen molar-refractivity contribution in [2.24, 2.45) is 4.99 Å². The van der Waals surface area contributed by atoms with Crippen molar-refractivity contribution in [1.29, 1.82) is 0 Å². The molecule has 55 heavy (non-hydrogen) atoms. The number of benzene rings is 8. The van der Waals surface area contributed by atoms with Crippen molar-refractivity contribution in [2.75, 3.05) is 0 Å². The van der Waals surface area contributed by atoms with E-state index in [4.69, 9.17) is 15.0 Å². The predicted octanol–water partition coefficient (Wildman–Crippen LogP) is 12.7. The first-order chi connectivity index (χ1) is 27.1. The third-order valence-corrected chi connectivity index (χ3v) is 10.2. The zero-order chi connectivity index (χ0) is 37.1. The quantitative estimate of drug-likeness (QED) is 0.120. The average molecular weight is 707 g/mol. The summed E-state index contributed by atoms with van der Waals surface area (Å²) in [5.74, 6) is 0.668. The maximum atomic E-state index is 5.33. The van der Waals surface area contributed by atoms with Gasteiger partial charge in [0, 0.05) is 28.6 Å². The molecule has 1 aromatic heterocycles. The molecule has 0 saturated heterocycles. The summed E-state index contributed by atoms with van der Waals surface area (Å²) in [7, 11) is 0. The van der Waals surface area contributed by atoms with Crippen molar-refractivity contribution >= 4 is 43.9 Å². The van der Waals surface area contributed by atoms with Gasteiger partial charge in [0.25, 0.3) is 0 Å². The fourth-order valence-electron chi connectivity index (χ4n) is 7.38. The van der Waals surface area contributed by atoms with Crippen LogP contribution in [0, 0.1) is 0 Å². The lowest BCUT2D eigenvalue weighted by Gasteiger charge is -2.20. The number of nitrogens with zero attached hydrogens (tertiary/aromatic N) is 3. The summed E-state index contributed by atoms with van der Waals surface area (Å²) in [6, 6.07) is 63.6. The summed E-state index contributed by atoms with van der Waals surface area (Å²) in [6.07, 6.45) is 1.54. The van der Waals surface area contributed by atoms with Crippen molar-refractivity contribution in [2.45, 2.75) is 13.1 Å². The van der Waals surface area contributed by atoms with Gasteiger partial charge in [0.2, 0.25) is 0 Å². The summed E-state index contributed by atoms with van der Waals surface area (Å²) in [5, 5.41) is 9.58. The smallest absolute Gasteiger partial charge is 0.159 e. The topological polar surface area (TPSA) is 50.2 Å². The zero-order valence-corrected chi connectivity index (χ0v) is 30.5. The molecule has 0 aliphatic heterocycles. The molecule has 1 N–H and O–H groups in total. The molecule has 4 heteroatoms. The van der Waals surface area contributed by atoms with Crippen LogP contribution >= 0.6 is 0 Å². The summed E-state index contributed by atoms with van der Waals surface area (Å²) >= 11 is 0. The second-order valence-corrected chi connectivity index (χ2v) is 13.8. The molecule has 0 radical (unpaired) electrons. The molecular weight excluding hydrogens is 669 g/mol. The van der Waals surface area contributed by atoms with Crippen LogP contribution in [0.25, 0.3) is 71.8 Å². The highest BCUT2D eigenvalue weighted by Crippen LogP contribution is 2.37. The molecule has 0 saturated carbocycles. The van der Waals surface area contributed by atoms with Crippen LogP contribution in [0.5, 0.6) is 0 Å². The van der Waals surface area contributed by atoms with Crippen LogP contribution in [0.4, 0.5) is 0 Å². The van der Waals surface area contributed by atoms with E-state index >= 15 is 0 Å². The lowest BCUT2D eigenvalue weighted by Crippen LogP contribution is -2.19. The van der Waals surface area contributed by atoms with Crippen LogP contribution in [0.3, 0.4) is 0 Å². The minimum atomic E-state index is -0.359. The van der Waals surface area contributed by atoms with E-state index in [1.165, 1.54) is 27.1 Å². The average Bonchev–Trinajstić information content (AvgIpc) is 3.26. The van der Waals surface area contributed by atoms with Crippen LogP contribution in [-0.4, -0.2) is 15.7 Å². The highest BCUT2D eigenvalue weighted by Gasteiger charge is 2.16. The van der Waals surface area contributed by atoms with Crippen molar-refractivity contribution in [3.63, 3.8) is 0 Å². The number of nitrogens with one attached hydrogen (secondary N) is 1. The number of rotatable bonds is 9. The summed E-state index contributed by atoms with van der Waals surface area (Å²) < 4.78 is 0.